The van der Waals surface area contributed by atoms with Crippen LogP contribution in [0.2, 0.25) is 0 Å². The number of piperidine rings is 4. The molecule has 0 aromatic carbocycles. The van der Waals surface area contributed by atoms with Gasteiger partial charge < -0.3 is 14.7 Å². The van der Waals surface area contributed by atoms with E-state index in [0.717, 1.165) is 58.2 Å². The highest BCUT2D eigenvalue weighted by Crippen LogP contribution is 2.34. The van der Waals surface area contributed by atoms with Crippen LogP contribution in [0.3, 0.4) is 0 Å². The monoisotopic (exact) mass is 397 g/mol. The Labute approximate surface area is 174 Å². The van der Waals surface area contributed by atoms with Crippen LogP contribution < -0.4 is 4.90 Å². The molecule has 158 valence electrons. The summed E-state index contributed by atoms with van der Waals surface area (Å²) in [5, 5.41) is 0. The van der Waals surface area contributed by atoms with Crippen LogP contribution in [0.25, 0.3) is 0 Å². The molecule has 2 bridgehead atoms. The lowest BCUT2D eigenvalue weighted by atomic mass is 9.78. The largest absolute Gasteiger partial charge is 0.354 e. The summed E-state index contributed by atoms with van der Waals surface area (Å²) >= 11 is 0. The Morgan fingerprint density at radius 2 is 1.79 bits per heavy atom. The zero-order chi connectivity index (χ0) is 19.6. The quantitative estimate of drug-likeness (QED) is 0.775. The first kappa shape index (κ1) is 19.3. The Kier molecular flexibility index (Phi) is 5.73. The van der Waals surface area contributed by atoms with Crippen molar-refractivity contribution in [2.24, 2.45) is 17.8 Å². The molecule has 29 heavy (non-hydrogen) atoms. The van der Waals surface area contributed by atoms with E-state index in [2.05, 4.69) is 36.7 Å². The first-order valence-electron chi connectivity index (χ1n) is 11.7. The highest BCUT2D eigenvalue weighted by molar-refractivity contribution is 5.79. The zero-order valence-corrected chi connectivity index (χ0v) is 17.6. The third kappa shape index (κ3) is 4.29. The van der Waals surface area contributed by atoms with Gasteiger partial charge in [-0.3, -0.25) is 9.69 Å². The Morgan fingerprint density at radius 1 is 0.966 bits per heavy atom. The lowest BCUT2D eigenvalue weighted by Crippen LogP contribution is -2.55. The SMILES string of the molecule is O=C([C@H]1CN2CCC1CC2)N1CCC[C@H](CN2CCN(c3ccccn3)CC2)C1. The molecule has 0 unspecified atom stereocenters. The van der Waals surface area contributed by atoms with Gasteiger partial charge in [0.15, 0.2) is 0 Å². The fourth-order valence-corrected chi connectivity index (χ4v) is 5.96. The Morgan fingerprint density at radius 3 is 2.48 bits per heavy atom. The molecule has 0 radical (unpaired) electrons. The van der Waals surface area contributed by atoms with Gasteiger partial charge in [0, 0.05) is 58.6 Å². The van der Waals surface area contributed by atoms with Crippen LogP contribution in [0.4, 0.5) is 5.82 Å². The van der Waals surface area contributed by atoms with Crippen LogP contribution in [-0.4, -0.2) is 91.0 Å². The lowest BCUT2D eigenvalue weighted by molar-refractivity contribution is -0.144. The number of carbonyl (C=O) groups excluding carboxylic acids is 1. The first-order valence-corrected chi connectivity index (χ1v) is 11.7. The number of aromatic nitrogens is 1. The molecule has 5 fully saturated rings. The number of pyridine rings is 1. The predicted molar refractivity (Wildman–Crippen MR) is 115 cm³/mol. The molecule has 0 aliphatic carbocycles. The van der Waals surface area contributed by atoms with E-state index in [1.165, 1.54) is 38.8 Å². The van der Waals surface area contributed by atoms with Crippen LogP contribution in [0, 0.1) is 17.8 Å². The van der Waals surface area contributed by atoms with Gasteiger partial charge in [0.2, 0.25) is 5.91 Å². The molecule has 1 aromatic heterocycles. The molecule has 2 atom stereocenters. The molecule has 5 saturated heterocycles. The minimum absolute atomic E-state index is 0.276. The average Bonchev–Trinajstić information content (AvgIpc) is 2.80. The summed E-state index contributed by atoms with van der Waals surface area (Å²) in [4.78, 5) is 27.5. The number of anilines is 1. The Balaban J connectivity index is 1.12. The highest BCUT2D eigenvalue weighted by atomic mass is 16.2. The number of amides is 1. The maximum atomic E-state index is 13.3. The summed E-state index contributed by atoms with van der Waals surface area (Å²) < 4.78 is 0. The van der Waals surface area contributed by atoms with Gasteiger partial charge in [0.1, 0.15) is 5.82 Å². The van der Waals surface area contributed by atoms with E-state index < -0.39 is 0 Å². The van der Waals surface area contributed by atoms with Crippen molar-refractivity contribution in [1.82, 2.24) is 19.7 Å². The number of rotatable bonds is 4. The van der Waals surface area contributed by atoms with E-state index in [0.29, 0.717) is 17.7 Å². The average molecular weight is 398 g/mol. The van der Waals surface area contributed by atoms with Crippen molar-refractivity contribution in [1.29, 1.82) is 0 Å². The van der Waals surface area contributed by atoms with Gasteiger partial charge in [-0.1, -0.05) is 6.07 Å². The number of carbonyl (C=O) groups is 1. The summed E-state index contributed by atoms with van der Waals surface area (Å²) in [5.74, 6) is 3.11. The zero-order valence-electron chi connectivity index (χ0n) is 17.6. The van der Waals surface area contributed by atoms with Crippen molar-refractivity contribution < 1.29 is 4.79 Å². The van der Waals surface area contributed by atoms with Crippen LogP contribution in [0.1, 0.15) is 25.7 Å². The van der Waals surface area contributed by atoms with Gasteiger partial charge >= 0.3 is 0 Å². The molecule has 6 heteroatoms. The van der Waals surface area contributed by atoms with E-state index in [9.17, 15) is 4.79 Å². The summed E-state index contributed by atoms with van der Waals surface area (Å²) in [6, 6.07) is 6.15. The van der Waals surface area contributed by atoms with Crippen LogP contribution in [-0.2, 0) is 4.79 Å². The molecule has 5 aliphatic rings. The van der Waals surface area contributed by atoms with Crippen molar-refractivity contribution >= 4 is 11.7 Å². The second-order valence-electron chi connectivity index (χ2n) is 9.51. The van der Waals surface area contributed by atoms with E-state index >= 15 is 0 Å². The van der Waals surface area contributed by atoms with Gasteiger partial charge in [-0.2, -0.15) is 0 Å². The van der Waals surface area contributed by atoms with Gasteiger partial charge in [-0.15, -0.1) is 0 Å². The van der Waals surface area contributed by atoms with Crippen molar-refractivity contribution in [3.63, 3.8) is 0 Å². The van der Waals surface area contributed by atoms with Crippen molar-refractivity contribution in [2.45, 2.75) is 25.7 Å². The smallest absolute Gasteiger partial charge is 0.227 e. The second-order valence-corrected chi connectivity index (χ2v) is 9.51. The fourth-order valence-electron chi connectivity index (χ4n) is 5.96. The maximum absolute atomic E-state index is 13.3. The number of hydrogen-bond acceptors (Lipinski definition) is 5. The molecule has 0 saturated carbocycles. The van der Waals surface area contributed by atoms with Gasteiger partial charge in [-0.05, 0) is 62.7 Å². The van der Waals surface area contributed by atoms with Gasteiger partial charge in [0.05, 0.1) is 5.92 Å². The fraction of sp³-hybridized carbons (Fsp3) is 0.739. The third-order valence-corrected chi connectivity index (χ3v) is 7.67. The number of fused-ring (bicyclic) bond motifs is 3. The molecule has 6 rings (SSSR count). The molecular formula is C23H35N5O. The molecular weight excluding hydrogens is 362 g/mol. The Hall–Kier alpha value is -1.66. The topological polar surface area (TPSA) is 42.9 Å². The minimum atomic E-state index is 0.276. The second kappa shape index (κ2) is 8.60. The summed E-state index contributed by atoms with van der Waals surface area (Å²) in [7, 11) is 0. The van der Waals surface area contributed by atoms with Crippen molar-refractivity contribution in [2.75, 3.05) is 70.3 Å². The Bertz CT molecular complexity index is 682. The van der Waals surface area contributed by atoms with E-state index in [1.807, 2.05) is 12.3 Å². The van der Waals surface area contributed by atoms with Crippen LogP contribution in [0.15, 0.2) is 24.4 Å². The third-order valence-electron chi connectivity index (χ3n) is 7.67. The molecule has 0 spiro atoms. The first-order chi connectivity index (χ1) is 14.3. The number of piperazine rings is 1. The minimum Gasteiger partial charge on any atom is -0.354 e. The van der Waals surface area contributed by atoms with Crippen molar-refractivity contribution in [3.8, 4) is 0 Å². The molecule has 5 aliphatic heterocycles. The normalized spacial score (nSPS) is 33.1. The molecule has 1 amide bonds. The molecule has 1 aromatic rings. The van der Waals surface area contributed by atoms with Crippen LogP contribution in [0.5, 0.6) is 0 Å². The predicted octanol–water partition coefficient (Wildman–Crippen LogP) is 1.78. The van der Waals surface area contributed by atoms with Crippen molar-refractivity contribution in [3.05, 3.63) is 24.4 Å². The molecule has 6 heterocycles. The van der Waals surface area contributed by atoms with Gasteiger partial charge in [-0.25, -0.2) is 4.98 Å². The maximum Gasteiger partial charge on any atom is 0.227 e. The molecule has 6 nitrogen and oxygen atoms in total. The number of nitrogens with zero attached hydrogens (tertiary/aromatic N) is 5. The number of hydrogen-bond donors (Lipinski definition) is 0. The number of likely N-dealkylation sites (tertiary alicyclic amines) is 1. The molecule has 0 N–H and O–H groups in total. The lowest BCUT2D eigenvalue weighted by Gasteiger charge is -2.46. The van der Waals surface area contributed by atoms with E-state index in [4.69, 9.17) is 0 Å². The highest BCUT2D eigenvalue weighted by Gasteiger charge is 2.40. The van der Waals surface area contributed by atoms with E-state index in [-0.39, 0.29) is 5.92 Å². The standard InChI is InChI=1S/C23H35N5O/c29-23(21-18-25-10-6-20(21)7-11-25)28-9-3-4-19(17-28)16-26-12-14-27(15-13-26)22-5-1-2-8-24-22/h1-2,5,8,19-21H,3-4,6-7,9-18H2/t19-,21+/m1/s1. The summed E-state index contributed by atoms with van der Waals surface area (Å²) in [6.07, 6.45) is 6.78. The van der Waals surface area contributed by atoms with Crippen LogP contribution >= 0.6 is 0 Å². The summed E-state index contributed by atoms with van der Waals surface area (Å²) in [6.45, 7) is 10.8. The van der Waals surface area contributed by atoms with Gasteiger partial charge in [0.25, 0.3) is 0 Å². The summed E-state index contributed by atoms with van der Waals surface area (Å²) in [5.41, 5.74) is 0. The van der Waals surface area contributed by atoms with E-state index in [1.54, 1.807) is 0 Å².